The summed E-state index contributed by atoms with van der Waals surface area (Å²) in [6.45, 7) is 0.556. The van der Waals surface area contributed by atoms with Crippen LogP contribution in [0.1, 0.15) is 11.4 Å². The van der Waals surface area contributed by atoms with E-state index in [2.05, 4.69) is 20.9 Å². The predicted octanol–water partition coefficient (Wildman–Crippen LogP) is 3.57. The molecule has 84 valence electrons. The molecule has 0 aliphatic rings. The third-order valence-electron chi connectivity index (χ3n) is 2.29. The number of hydrogen-bond acceptors (Lipinski definition) is 1. The molecular formula is C11H9BrClFN2. The van der Waals surface area contributed by atoms with E-state index in [0.29, 0.717) is 16.9 Å². The Labute approximate surface area is 106 Å². The van der Waals surface area contributed by atoms with E-state index in [9.17, 15) is 4.39 Å². The summed E-state index contributed by atoms with van der Waals surface area (Å²) in [6.07, 6.45) is 3.51. The third-order valence-corrected chi connectivity index (χ3v) is 3.42. The van der Waals surface area contributed by atoms with E-state index >= 15 is 0 Å². The minimum atomic E-state index is -0.259. The summed E-state index contributed by atoms with van der Waals surface area (Å²) in [5.41, 5.74) is 0.865. The molecule has 0 N–H and O–H groups in total. The summed E-state index contributed by atoms with van der Waals surface area (Å²) >= 11 is 8.97. The van der Waals surface area contributed by atoms with Gasteiger partial charge in [0.1, 0.15) is 11.6 Å². The van der Waals surface area contributed by atoms with E-state index in [0.717, 1.165) is 11.4 Å². The van der Waals surface area contributed by atoms with Gasteiger partial charge in [0, 0.05) is 18.9 Å². The molecule has 0 amide bonds. The van der Waals surface area contributed by atoms with Crippen molar-refractivity contribution in [2.24, 2.45) is 0 Å². The average molecular weight is 304 g/mol. The number of imidazole rings is 1. The van der Waals surface area contributed by atoms with Crippen molar-refractivity contribution in [3.63, 3.8) is 0 Å². The maximum atomic E-state index is 13.3. The van der Waals surface area contributed by atoms with Gasteiger partial charge >= 0.3 is 0 Å². The fourth-order valence-corrected chi connectivity index (χ4v) is 2.08. The largest absolute Gasteiger partial charge is 0.329 e. The van der Waals surface area contributed by atoms with Crippen molar-refractivity contribution >= 4 is 27.5 Å². The second-order valence-electron chi connectivity index (χ2n) is 3.32. The fraction of sp³-hybridized carbons (Fsp3) is 0.182. The molecule has 2 aromatic rings. The molecule has 0 bridgehead atoms. The summed E-state index contributed by atoms with van der Waals surface area (Å²) in [5, 5.41) is 0. The van der Waals surface area contributed by atoms with Gasteiger partial charge in [-0.3, -0.25) is 0 Å². The highest BCUT2D eigenvalue weighted by atomic mass is 79.9. The van der Waals surface area contributed by atoms with Gasteiger partial charge in [-0.05, 0) is 27.6 Å². The van der Waals surface area contributed by atoms with Crippen molar-refractivity contribution in [1.82, 2.24) is 9.55 Å². The fourth-order valence-electron chi connectivity index (χ4n) is 1.47. The molecule has 0 spiro atoms. The Balaban J connectivity index is 2.30. The molecule has 0 fully saturated rings. The van der Waals surface area contributed by atoms with Crippen LogP contribution in [-0.2, 0) is 12.4 Å². The van der Waals surface area contributed by atoms with Crippen molar-refractivity contribution in [1.29, 1.82) is 0 Å². The first-order valence-corrected chi connectivity index (χ1v) is 6.04. The first kappa shape index (κ1) is 11.6. The number of benzene rings is 1. The molecule has 2 nitrogen and oxygen atoms in total. The predicted molar refractivity (Wildman–Crippen MR) is 65.0 cm³/mol. The molecule has 0 saturated carbocycles. The SMILES string of the molecule is Fc1cccc(Cn2ccnc2CCl)c1Br. The summed E-state index contributed by atoms with van der Waals surface area (Å²) in [7, 11) is 0. The molecule has 0 saturated heterocycles. The molecule has 16 heavy (non-hydrogen) atoms. The second-order valence-corrected chi connectivity index (χ2v) is 4.38. The molecule has 0 aliphatic heterocycles. The zero-order valence-corrected chi connectivity index (χ0v) is 10.7. The zero-order valence-electron chi connectivity index (χ0n) is 8.33. The summed E-state index contributed by atoms with van der Waals surface area (Å²) in [6, 6.07) is 4.97. The van der Waals surface area contributed by atoms with Gasteiger partial charge in [0.25, 0.3) is 0 Å². The van der Waals surface area contributed by atoms with Gasteiger partial charge in [0.05, 0.1) is 10.4 Å². The van der Waals surface area contributed by atoms with Gasteiger partial charge in [-0.15, -0.1) is 11.6 Å². The molecule has 0 aliphatic carbocycles. The molecule has 1 aromatic carbocycles. The lowest BCUT2D eigenvalue weighted by Crippen LogP contribution is -2.03. The van der Waals surface area contributed by atoms with Crippen LogP contribution in [0, 0.1) is 5.82 Å². The van der Waals surface area contributed by atoms with E-state index < -0.39 is 0 Å². The van der Waals surface area contributed by atoms with E-state index in [-0.39, 0.29) is 5.82 Å². The highest BCUT2D eigenvalue weighted by Gasteiger charge is 2.07. The monoisotopic (exact) mass is 302 g/mol. The lowest BCUT2D eigenvalue weighted by atomic mass is 10.2. The molecule has 0 unspecified atom stereocenters. The van der Waals surface area contributed by atoms with Crippen molar-refractivity contribution in [2.75, 3.05) is 0 Å². The molecule has 1 heterocycles. The molecule has 2 rings (SSSR count). The van der Waals surface area contributed by atoms with Gasteiger partial charge in [-0.25, -0.2) is 9.37 Å². The van der Waals surface area contributed by atoms with Crippen molar-refractivity contribution in [2.45, 2.75) is 12.4 Å². The van der Waals surface area contributed by atoms with Crippen molar-refractivity contribution in [3.05, 3.63) is 52.3 Å². The Morgan fingerprint density at radius 3 is 3.00 bits per heavy atom. The number of halogens is 3. The Morgan fingerprint density at radius 1 is 1.44 bits per heavy atom. The quantitative estimate of drug-likeness (QED) is 0.793. The minimum Gasteiger partial charge on any atom is -0.329 e. The normalized spacial score (nSPS) is 10.7. The van der Waals surface area contributed by atoms with Crippen LogP contribution in [0.4, 0.5) is 4.39 Å². The smallest absolute Gasteiger partial charge is 0.137 e. The summed E-state index contributed by atoms with van der Waals surface area (Å²) < 4.78 is 15.7. The van der Waals surface area contributed by atoms with Gasteiger partial charge < -0.3 is 4.57 Å². The van der Waals surface area contributed by atoms with Crippen LogP contribution >= 0.6 is 27.5 Å². The maximum Gasteiger partial charge on any atom is 0.137 e. The van der Waals surface area contributed by atoms with Crippen LogP contribution in [0.2, 0.25) is 0 Å². The number of nitrogens with zero attached hydrogens (tertiary/aromatic N) is 2. The van der Waals surface area contributed by atoms with Crippen LogP contribution in [0.5, 0.6) is 0 Å². The Morgan fingerprint density at radius 2 is 2.25 bits per heavy atom. The molecule has 0 atom stereocenters. The molecule has 5 heteroatoms. The topological polar surface area (TPSA) is 17.8 Å². The van der Waals surface area contributed by atoms with E-state index in [4.69, 9.17) is 11.6 Å². The standard InChI is InChI=1S/C11H9BrClFN2/c12-11-8(2-1-3-9(11)14)7-16-5-4-15-10(16)6-13/h1-5H,6-7H2. The number of alkyl halides is 1. The van der Waals surface area contributed by atoms with Crippen LogP contribution in [-0.4, -0.2) is 9.55 Å². The lowest BCUT2D eigenvalue weighted by molar-refractivity contribution is 0.615. The van der Waals surface area contributed by atoms with Crippen LogP contribution in [0.3, 0.4) is 0 Å². The first-order chi connectivity index (χ1) is 7.72. The Hall–Kier alpha value is -0.870. The van der Waals surface area contributed by atoms with E-state index in [1.807, 2.05) is 16.8 Å². The molecular weight excluding hydrogens is 294 g/mol. The first-order valence-electron chi connectivity index (χ1n) is 4.71. The van der Waals surface area contributed by atoms with Crippen molar-refractivity contribution < 1.29 is 4.39 Å². The van der Waals surface area contributed by atoms with Gasteiger partial charge in [-0.1, -0.05) is 12.1 Å². The lowest BCUT2D eigenvalue weighted by Gasteiger charge is -2.08. The van der Waals surface area contributed by atoms with Gasteiger partial charge in [-0.2, -0.15) is 0 Å². The number of hydrogen-bond donors (Lipinski definition) is 0. The molecule has 1 aromatic heterocycles. The van der Waals surface area contributed by atoms with Crippen LogP contribution < -0.4 is 0 Å². The second kappa shape index (κ2) is 4.97. The summed E-state index contributed by atoms with van der Waals surface area (Å²) in [4.78, 5) is 4.10. The Kier molecular flexibility index (Phi) is 3.61. The minimum absolute atomic E-state index is 0.259. The van der Waals surface area contributed by atoms with Crippen molar-refractivity contribution in [3.8, 4) is 0 Å². The maximum absolute atomic E-state index is 13.3. The highest BCUT2D eigenvalue weighted by Crippen LogP contribution is 2.21. The summed E-state index contributed by atoms with van der Waals surface area (Å²) in [5.74, 6) is 0.864. The Bertz CT molecular complexity index is 498. The highest BCUT2D eigenvalue weighted by molar-refractivity contribution is 9.10. The van der Waals surface area contributed by atoms with Gasteiger partial charge in [0.15, 0.2) is 0 Å². The average Bonchev–Trinajstić information content (AvgIpc) is 2.72. The van der Waals surface area contributed by atoms with Crippen LogP contribution in [0.25, 0.3) is 0 Å². The number of rotatable bonds is 3. The molecule has 0 radical (unpaired) electrons. The third kappa shape index (κ3) is 2.28. The number of aromatic nitrogens is 2. The zero-order chi connectivity index (χ0) is 11.5. The van der Waals surface area contributed by atoms with E-state index in [1.165, 1.54) is 6.07 Å². The van der Waals surface area contributed by atoms with E-state index in [1.54, 1.807) is 12.3 Å². The van der Waals surface area contributed by atoms with Crippen LogP contribution in [0.15, 0.2) is 35.1 Å². The van der Waals surface area contributed by atoms with Gasteiger partial charge in [0.2, 0.25) is 0 Å².